The summed E-state index contributed by atoms with van der Waals surface area (Å²) in [7, 11) is 0. The molecule has 1 aliphatic carbocycles. The van der Waals surface area contributed by atoms with E-state index < -0.39 is 28.4 Å². The lowest BCUT2D eigenvalue weighted by Crippen LogP contribution is -2.56. The van der Waals surface area contributed by atoms with Gasteiger partial charge in [0.2, 0.25) is 11.1 Å². The number of alkyl halides is 3. The fourth-order valence-electron chi connectivity index (χ4n) is 4.44. The van der Waals surface area contributed by atoms with Gasteiger partial charge in [0.25, 0.3) is 0 Å². The maximum atomic E-state index is 13.4. The van der Waals surface area contributed by atoms with Gasteiger partial charge < -0.3 is 10.7 Å². The first kappa shape index (κ1) is 20.9. The van der Waals surface area contributed by atoms with Crippen molar-refractivity contribution in [2.75, 3.05) is 10.7 Å². The Balaban J connectivity index is 1.48. The molecule has 1 fully saturated rings. The number of thioether (sulfide) groups is 1. The fourth-order valence-corrected chi connectivity index (χ4v) is 5.66. The zero-order valence-electron chi connectivity index (χ0n) is 16.9. The summed E-state index contributed by atoms with van der Waals surface area (Å²) < 4.78 is 42.0. The Morgan fingerprint density at radius 3 is 2.47 bits per heavy atom. The number of nitrogens with one attached hydrogen (secondary N) is 2. The quantitative estimate of drug-likeness (QED) is 0.581. The lowest BCUT2D eigenvalue weighted by atomic mass is 9.92. The zero-order chi connectivity index (χ0) is 22.3. The Hall–Kier alpha value is -3.01. The summed E-state index contributed by atoms with van der Waals surface area (Å²) >= 11 is 1.24. The number of fused-ring (bicyclic) bond motifs is 1. The van der Waals surface area contributed by atoms with Crippen molar-refractivity contribution in [3.05, 3.63) is 60.2 Å². The molecule has 1 saturated carbocycles. The molecule has 0 saturated heterocycles. The van der Waals surface area contributed by atoms with Gasteiger partial charge >= 0.3 is 6.18 Å². The van der Waals surface area contributed by atoms with Gasteiger partial charge in [0.1, 0.15) is 5.25 Å². The molecule has 1 atom stereocenters. The molecule has 1 spiro atoms. The Labute approximate surface area is 186 Å². The Kier molecular flexibility index (Phi) is 5.11. The van der Waals surface area contributed by atoms with E-state index >= 15 is 0 Å². The first-order valence-electron chi connectivity index (χ1n) is 10.3. The highest BCUT2D eigenvalue weighted by Crippen LogP contribution is 2.46. The first-order chi connectivity index (χ1) is 15.4. The normalized spacial score (nSPS) is 19.4. The van der Waals surface area contributed by atoms with Crippen LogP contribution in [0.3, 0.4) is 0 Å². The molecule has 0 unspecified atom stereocenters. The molecule has 0 bridgehead atoms. The van der Waals surface area contributed by atoms with Crippen LogP contribution in [0.1, 0.15) is 31.2 Å². The second kappa shape index (κ2) is 7.84. The van der Waals surface area contributed by atoms with Gasteiger partial charge in [-0.3, -0.25) is 4.79 Å². The van der Waals surface area contributed by atoms with E-state index in [9.17, 15) is 18.0 Å². The van der Waals surface area contributed by atoms with Crippen LogP contribution in [0, 0.1) is 0 Å². The lowest BCUT2D eigenvalue weighted by Gasteiger charge is -2.41. The predicted octanol–water partition coefficient (Wildman–Crippen LogP) is 4.93. The Bertz CT molecular complexity index is 1140. The third kappa shape index (κ3) is 3.62. The van der Waals surface area contributed by atoms with Crippen LogP contribution in [-0.2, 0) is 11.0 Å². The number of amides is 1. The van der Waals surface area contributed by atoms with Crippen molar-refractivity contribution in [3.63, 3.8) is 0 Å². The first-order valence-corrected chi connectivity index (χ1v) is 11.2. The predicted molar refractivity (Wildman–Crippen MR) is 116 cm³/mol. The van der Waals surface area contributed by atoms with Crippen LogP contribution in [0.2, 0.25) is 0 Å². The van der Waals surface area contributed by atoms with Gasteiger partial charge in [0, 0.05) is 5.56 Å². The fraction of sp³-hybridized carbons (Fsp3) is 0.318. The lowest BCUT2D eigenvalue weighted by molar-refractivity contribution is -0.137. The summed E-state index contributed by atoms with van der Waals surface area (Å²) in [5, 5.41) is 10.9. The number of aromatic nitrogens is 3. The monoisotopic (exact) mass is 459 g/mol. The molecule has 3 aromatic rings. The van der Waals surface area contributed by atoms with Gasteiger partial charge in [0.05, 0.1) is 16.8 Å². The van der Waals surface area contributed by atoms with Crippen LogP contribution in [0.15, 0.2) is 59.8 Å². The molecule has 0 radical (unpaired) electrons. The molecule has 6 nitrogen and oxygen atoms in total. The maximum absolute atomic E-state index is 13.4. The van der Waals surface area contributed by atoms with Crippen molar-refractivity contribution in [2.24, 2.45) is 0 Å². The highest BCUT2D eigenvalue weighted by atomic mass is 32.2. The van der Waals surface area contributed by atoms with E-state index in [-0.39, 0.29) is 5.69 Å². The summed E-state index contributed by atoms with van der Waals surface area (Å²) in [6.07, 6.45) is -1.25. The number of nitrogens with zero attached hydrogens (tertiary/aromatic N) is 3. The summed E-state index contributed by atoms with van der Waals surface area (Å²) in [6.45, 7) is 0. The minimum Gasteiger partial charge on any atom is -0.324 e. The third-order valence-electron chi connectivity index (χ3n) is 5.95. The number of carbonyl (C=O) groups is 1. The van der Waals surface area contributed by atoms with E-state index in [0.717, 1.165) is 37.3 Å². The number of halogens is 3. The number of hydrogen-bond acceptors (Lipinski definition) is 5. The Morgan fingerprint density at radius 2 is 1.75 bits per heavy atom. The topological polar surface area (TPSA) is 71.8 Å². The highest BCUT2D eigenvalue weighted by Gasteiger charge is 2.50. The summed E-state index contributed by atoms with van der Waals surface area (Å²) in [6, 6.07) is 14.6. The molecule has 2 N–H and O–H groups in total. The van der Waals surface area contributed by atoms with Crippen LogP contribution in [0.4, 0.5) is 18.9 Å². The highest BCUT2D eigenvalue weighted by molar-refractivity contribution is 8.00. The smallest absolute Gasteiger partial charge is 0.324 e. The minimum atomic E-state index is -4.56. The van der Waals surface area contributed by atoms with Crippen LogP contribution in [0.25, 0.3) is 11.4 Å². The molecular formula is C22H20F3N5OS. The average molecular weight is 459 g/mol. The largest absolute Gasteiger partial charge is 0.418 e. The van der Waals surface area contributed by atoms with Gasteiger partial charge in [0.15, 0.2) is 5.82 Å². The van der Waals surface area contributed by atoms with Gasteiger partial charge in [-0.2, -0.15) is 13.2 Å². The van der Waals surface area contributed by atoms with Gasteiger partial charge in [-0.15, -0.1) is 10.2 Å². The molecule has 1 aliphatic heterocycles. The SMILES string of the molecule is O=C(Nc1ccccc1C(F)(F)F)[C@@H]1Sc2nnc(-c3ccccc3)n2NC12CCCC2. The number of hydrogen-bond donors (Lipinski definition) is 2. The molecule has 10 heteroatoms. The van der Waals surface area contributed by atoms with Crippen LogP contribution in [-0.4, -0.2) is 31.6 Å². The van der Waals surface area contributed by atoms with Gasteiger partial charge in [-0.1, -0.05) is 67.1 Å². The Morgan fingerprint density at radius 1 is 1.06 bits per heavy atom. The van der Waals surface area contributed by atoms with Gasteiger partial charge in [-0.25, -0.2) is 4.68 Å². The molecule has 2 heterocycles. The van der Waals surface area contributed by atoms with E-state index in [2.05, 4.69) is 20.9 Å². The van der Waals surface area contributed by atoms with E-state index in [1.54, 1.807) is 4.68 Å². The van der Waals surface area contributed by atoms with Crippen LogP contribution < -0.4 is 10.7 Å². The summed E-state index contributed by atoms with van der Waals surface area (Å²) in [5.74, 6) is 0.164. The maximum Gasteiger partial charge on any atom is 0.418 e. The van der Waals surface area contributed by atoms with Crippen molar-refractivity contribution in [3.8, 4) is 11.4 Å². The molecule has 1 aromatic heterocycles. The standard InChI is InChI=1S/C22H20F3N5OS/c23-22(24,25)15-10-4-5-11-16(15)26-19(31)17-21(12-6-7-13-21)29-30-18(27-28-20(30)32-17)14-8-2-1-3-9-14/h1-5,8-11,17,29H,6-7,12-13H2,(H,26,31)/t17-/m0/s1. The molecular weight excluding hydrogens is 439 g/mol. The second-order valence-electron chi connectivity index (χ2n) is 8.01. The summed E-state index contributed by atoms with van der Waals surface area (Å²) in [5.41, 5.74) is 2.65. The average Bonchev–Trinajstić information content (AvgIpc) is 3.41. The van der Waals surface area contributed by atoms with Crippen molar-refractivity contribution in [2.45, 2.75) is 47.8 Å². The van der Waals surface area contributed by atoms with E-state index in [1.807, 2.05) is 30.3 Å². The van der Waals surface area contributed by atoms with Crippen LogP contribution >= 0.6 is 11.8 Å². The molecule has 2 aliphatic rings. The van der Waals surface area contributed by atoms with Gasteiger partial charge in [-0.05, 0) is 25.0 Å². The van der Waals surface area contributed by atoms with E-state index in [4.69, 9.17) is 0 Å². The number of benzene rings is 2. The van der Waals surface area contributed by atoms with Crippen LogP contribution in [0.5, 0.6) is 0 Å². The number of anilines is 1. The number of rotatable bonds is 3. The second-order valence-corrected chi connectivity index (χ2v) is 9.09. The minimum absolute atomic E-state index is 0.240. The summed E-state index contributed by atoms with van der Waals surface area (Å²) in [4.78, 5) is 13.3. The molecule has 1 amide bonds. The van der Waals surface area contributed by atoms with Crippen molar-refractivity contribution in [1.29, 1.82) is 0 Å². The van der Waals surface area contributed by atoms with Crippen molar-refractivity contribution >= 4 is 23.4 Å². The zero-order valence-corrected chi connectivity index (χ0v) is 17.7. The van der Waals surface area contributed by atoms with Crippen molar-refractivity contribution < 1.29 is 18.0 Å². The molecule has 5 rings (SSSR count). The molecule has 2 aromatic carbocycles. The van der Waals surface area contributed by atoms with Crippen molar-refractivity contribution in [1.82, 2.24) is 14.9 Å². The third-order valence-corrected chi connectivity index (χ3v) is 7.33. The number of para-hydroxylation sites is 1. The van der Waals surface area contributed by atoms with E-state index in [0.29, 0.717) is 11.0 Å². The molecule has 166 valence electrons. The molecule has 32 heavy (non-hydrogen) atoms. The number of carbonyl (C=O) groups excluding carboxylic acids is 1. The van der Waals surface area contributed by atoms with E-state index in [1.165, 1.54) is 30.0 Å².